The van der Waals surface area contributed by atoms with Crippen molar-refractivity contribution < 1.29 is 4.74 Å². The second-order valence-corrected chi connectivity index (χ2v) is 4.41. The second kappa shape index (κ2) is 6.14. The molecule has 0 amide bonds. The van der Waals surface area contributed by atoms with Crippen molar-refractivity contribution in [2.75, 3.05) is 32.8 Å². The van der Waals surface area contributed by atoms with Gasteiger partial charge in [-0.15, -0.1) is 0 Å². The molecule has 1 aromatic rings. The summed E-state index contributed by atoms with van der Waals surface area (Å²) in [4.78, 5) is 6.65. The van der Waals surface area contributed by atoms with E-state index in [-0.39, 0.29) is 6.04 Å². The Morgan fingerprint density at radius 2 is 2.24 bits per heavy atom. The van der Waals surface area contributed by atoms with E-state index in [2.05, 4.69) is 21.4 Å². The van der Waals surface area contributed by atoms with Crippen molar-refractivity contribution in [2.24, 2.45) is 5.73 Å². The van der Waals surface area contributed by atoms with Crippen molar-refractivity contribution in [1.82, 2.24) is 14.5 Å². The van der Waals surface area contributed by atoms with E-state index >= 15 is 0 Å². The van der Waals surface area contributed by atoms with E-state index in [4.69, 9.17) is 10.5 Å². The molecule has 0 saturated carbocycles. The summed E-state index contributed by atoms with van der Waals surface area (Å²) in [5.74, 6) is 0. The number of hydrogen-bond donors (Lipinski definition) is 1. The van der Waals surface area contributed by atoms with Gasteiger partial charge in [-0.1, -0.05) is 6.92 Å². The van der Waals surface area contributed by atoms with Crippen LogP contribution in [0, 0.1) is 0 Å². The molecule has 2 heterocycles. The van der Waals surface area contributed by atoms with Gasteiger partial charge in [-0.3, -0.25) is 4.90 Å². The summed E-state index contributed by atoms with van der Waals surface area (Å²) in [6, 6.07) is 0.271. The van der Waals surface area contributed by atoms with Crippen LogP contribution in [0.25, 0.3) is 0 Å². The lowest BCUT2D eigenvalue weighted by molar-refractivity contribution is 0.0163. The monoisotopic (exact) mass is 238 g/mol. The number of ether oxygens (including phenoxy) is 1. The van der Waals surface area contributed by atoms with Crippen LogP contribution in [0.4, 0.5) is 0 Å². The van der Waals surface area contributed by atoms with Crippen LogP contribution in [-0.2, 0) is 11.3 Å². The average molecular weight is 238 g/mol. The molecule has 5 heteroatoms. The number of aromatic nitrogens is 2. The summed E-state index contributed by atoms with van der Waals surface area (Å²) in [5, 5.41) is 0. The molecule has 1 saturated heterocycles. The summed E-state index contributed by atoms with van der Waals surface area (Å²) in [6.07, 6.45) is 4.97. The molecule has 96 valence electrons. The fourth-order valence-corrected chi connectivity index (χ4v) is 2.38. The summed E-state index contributed by atoms with van der Waals surface area (Å²) in [7, 11) is 0. The van der Waals surface area contributed by atoms with Crippen LogP contribution in [0.15, 0.2) is 12.5 Å². The van der Waals surface area contributed by atoms with Gasteiger partial charge in [0.1, 0.15) is 0 Å². The first-order chi connectivity index (χ1) is 8.36. The van der Waals surface area contributed by atoms with Crippen molar-refractivity contribution >= 4 is 0 Å². The lowest BCUT2D eigenvalue weighted by Crippen LogP contribution is -2.42. The molecule has 0 radical (unpaired) electrons. The molecule has 1 unspecified atom stereocenters. The molecule has 0 spiro atoms. The van der Waals surface area contributed by atoms with Crippen LogP contribution in [0.1, 0.15) is 25.1 Å². The van der Waals surface area contributed by atoms with E-state index in [9.17, 15) is 0 Å². The van der Waals surface area contributed by atoms with Crippen LogP contribution in [0.2, 0.25) is 0 Å². The third-order valence-corrected chi connectivity index (χ3v) is 3.26. The number of rotatable bonds is 5. The predicted octanol–water partition coefficient (Wildman–Crippen LogP) is 0.625. The van der Waals surface area contributed by atoms with E-state index in [1.807, 2.05) is 12.5 Å². The highest BCUT2D eigenvalue weighted by Crippen LogP contribution is 2.20. The van der Waals surface area contributed by atoms with Gasteiger partial charge in [-0.05, 0) is 6.42 Å². The first-order valence-electron chi connectivity index (χ1n) is 6.38. The van der Waals surface area contributed by atoms with Crippen LogP contribution in [0.5, 0.6) is 0 Å². The van der Waals surface area contributed by atoms with Crippen molar-refractivity contribution in [3.05, 3.63) is 18.2 Å². The Hall–Kier alpha value is -0.910. The Kier molecular flexibility index (Phi) is 4.53. The van der Waals surface area contributed by atoms with Crippen molar-refractivity contribution in [2.45, 2.75) is 25.9 Å². The zero-order valence-electron chi connectivity index (χ0n) is 10.5. The highest BCUT2D eigenvalue weighted by molar-refractivity contribution is 5.07. The molecule has 0 bridgehead atoms. The molecular weight excluding hydrogens is 216 g/mol. The SMILES string of the molecule is CCCn1cncc1C(CN)N1CCOCC1. The maximum atomic E-state index is 5.94. The Morgan fingerprint density at radius 3 is 2.88 bits per heavy atom. The Labute approximate surface area is 103 Å². The van der Waals surface area contributed by atoms with Gasteiger partial charge in [0.05, 0.1) is 31.3 Å². The zero-order chi connectivity index (χ0) is 12.1. The Morgan fingerprint density at radius 1 is 1.47 bits per heavy atom. The quantitative estimate of drug-likeness (QED) is 0.817. The number of hydrogen-bond acceptors (Lipinski definition) is 4. The summed E-state index contributed by atoms with van der Waals surface area (Å²) in [5.41, 5.74) is 7.17. The van der Waals surface area contributed by atoms with Gasteiger partial charge in [0.15, 0.2) is 0 Å². The van der Waals surface area contributed by atoms with E-state index < -0.39 is 0 Å². The molecular formula is C12H22N4O. The van der Waals surface area contributed by atoms with Crippen molar-refractivity contribution in [1.29, 1.82) is 0 Å². The van der Waals surface area contributed by atoms with Gasteiger partial charge in [-0.25, -0.2) is 4.98 Å². The summed E-state index contributed by atoms with van der Waals surface area (Å²) in [6.45, 7) is 7.34. The minimum atomic E-state index is 0.271. The molecule has 1 aliphatic rings. The van der Waals surface area contributed by atoms with E-state index in [1.165, 1.54) is 5.69 Å². The molecule has 17 heavy (non-hydrogen) atoms. The van der Waals surface area contributed by atoms with Gasteiger partial charge >= 0.3 is 0 Å². The first kappa shape index (κ1) is 12.5. The Bertz CT molecular complexity index is 333. The maximum Gasteiger partial charge on any atom is 0.0948 e. The van der Waals surface area contributed by atoms with Gasteiger partial charge in [0.2, 0.25) is 0 Å². The minimum Gasteiger partial charge on any atom is -0.379 e. The predicted molar refractivity (Wildman–Crippen MR) is 66.7 cm³/mol. The lowest BCUT2D eigenvalue weighted by Gasteiger charge is -2.34. The zero-order valence-corrected chi connectivity index (χ0v) is 10.5. The third kappa shape index (κ3) is 2.86. The summed E-state index contributed by atoms with van der Waals surface area (Å²) < 4.78 is 7.60. The van der Waals surface area contributed by atoms with Gasteiger partial charge in [-0.2, -0.15) is 0 Å². The van der Waals surface area contributed by atoms with Gasteiger partial charge in [0, 0.05) is 32.4 Å². The molecule has 0 aromatic carbocycles. The van der Waals surface area contributed by atoms with Gasteiger partial charge < -0.3 is 15.0 Å². The van der Waals surface area contributed by atoms with E-state index in [1.54, 1.807) is 0 Å². The minimum absolute atomic E-state index is 0.271. The van der Waals surface area contributed by atoms with Crippen LogP contribution in [0.3, 0.4) is 0 Å². The van der Waals surface area contributed by atoms with E-state index in [0.29, 0.717) is 6.54 Å². The first-order valence-corrected chi connectivity index (χ1v) is 6.38. The molecule has 2 rings (SSSR count). The Balaban J connectivity index is 2.12. The second-order valence-electron chi connectivity index (χ2n) is 4.41. The molecule has 1 aromatic heterocycles. The fourth-order valence-electron chi connectivity index (χ4n) is 2.38. The molecule has 0 aliphatic carbocycles. The van der Waals surface area contributed by atoms with Crippen molar-refractivity contribution in [3.63, 3.8) is 0 Å². The van der Waals surface area contributed by atoms with Crippen LogP contribution in [-0.4, -0.2) is 47.3 Å². The number of morpholine rings is 1. The smallest absolute Gasteiger partial charge is 0.0948 e. The highest BCUT2D eigenvalue weighted by Gasteiger charge is 2.23. The fraction of sp³-hybridized carbons (Fsp3) is 0.750. The maximum absolute atomic E-state index is 5.94. The molecule has 5 nitrogen and oxygen atoms in total. The third-order valence-electron chi connectivity index (χ3n) is 3.26. The normalized spacial score (nSPS) is 19.4. The number of nitrogens with zero attached hydrogens (tertiary/aromatic N) is 3. The number of nitrogens with two attached hydrogens (primary N) is 1. The topological polar surface area (TPSA) is 56.3 Å². The lowest BCUT2D eigenvalue weighted by atomic mass is 10.1. The highest BCUT2D eigenvalue weighted by atomic mass is 16.5. The summed E-state index contributed by atoms with van der Waals surface area (Å²) >= 11 is 0. The van der Waals surface area contributed by atoms with Gasteiger partial charge in [0.25, 0.3) is 0 Å². The van der Waals surface area contributed by atoms with Crippen LogP contribution >= 0.6 is 0 Å². The molecule has 2 N–H and O–H groups in total. The largest absolute Gasteiger partial charge is 0.379 e. The molecule has 1 atom stereocenters. The number of imidazole rings is 1. The average Bonchev–Trinajstić information content (AvgIpc) is 2.81. The number of aryl methyl sites for hydroxylation is 1. The van der Waals surface area contributed by atoms with Crippen molar-refractivity contribution in [3.8, 4) is 0 Å². The molecule has 1 aliphatic heterocycles. The van der Waals surface area contributed by atoms with E-state index in [0.717, 1.165) is 39.3 Å². The van der Waals surface area contributed by atoms with Crippen LogP contribution < -0.4 is 5.73 Å². The standard InChI is InChI=1S/C12H22N4O/c1-2-3-16-10-14-9-12(16)11(8-13)15-4-6-17-7-5-15/h9-11H,2-8,13H2,1H3. The molecule has 1 fully saturated rings.